The SMILES string of the molecule is Cc1ccc(OCC(C#N)C(F)(F)F)c(C)c1. The second-order valence-electron chi connectivity index (χ2n) is 3.80. The van der Waals surface area contributed by atoms with Crippen molar-refractivity contribution >= 4 is 0 Å². The van der Waals surface area contributed by atoms with Crippen molar-refractivity contribution < 1.29 is 17.9 Å². The Bertz CT molecular complexity index is 434. The van der Waals surface area contributed by atoms with Crippen molar-refractivity contribution in [2.75, 3.05) is 6.61 Å². The summed E-state index contributed by atoms with van der Waals surface area (Å²) >= 11 is 0. The van der Waals surface area contributed by atoms with Crippen LogP contribution in [0, 0.1) is 31.1 Å². The molecule has 0 N–H and O–H groups in total. The zero-order valence-corrected chi connectivity index (χ0v) is 9.51. The van der Waals surface area contributed by atoms with Gasteiger partial charge in [-0.05, 0) is 25.5 Å². The maximum Gasteiger partial charge on any atom is 0.407 e. The number of hydrogen-bond donors (Lipinski definition) is 0. The number of benzene rings is 1. The van der Waals surface area contributed by atoms with E-state index in [1.165, 1.54) is 6.07 Å². The van der Waals surface area contributed by atoms with Crippen LogP contribution in [0.2, 0.25) is 0 Å². The molecule has 0 radical (unpaired) electrons. The highest BCUT2D eigenvalue weighted by molar-refractivity contribution is 5.35. The lowest BCUT2D eigenvalue weighted by atomic mass is 10.1. The van der Waals surface area contributed by atoms with Gasteiger partial charge in [0, 0.05) is 0 Å². The molecule has 0 amide bonds. The lowest BCUT2D eigenvalue weighted by molar-refractivity contribution is -0.165. The zero-order valence-electron chi connectivity index (χ0n) is 9.51. The first-order valence-corrected chi connectivity index (χ1v) is 5.01. The van der Waals surface area contributed by atoms with Gasteiger partial charge < -0.3 is 4.74 Å². The minimum absolute atomic E-state index is 0.375. The van der Waals surface area contributed by atoms with Crippen molar-refractivity contribution in [3.05, 3.63) is 29.3 Å². The number of halogens is 3. The van der Waals surface area contributed by atoms with Crippen molar-refractivity contribution in [3.8, 4) is 11.8 Å². The van der Waals surface area contributed by atoms with Crippen LogP contribution in [0.1, 0.15) is 11.1 Å². The molecule has 0 heterocycles. The number of rotatable bonds is 3. The summed E-state index contributed by atoms with van der Waals surface area (Å²) in [5.41, 5.74) is 1.76. The molecule has 0 aliphatic rings. The van der Waals surface area contributed by atoms with Crippen LogP contribution in [-0.4, -0.2) is 12.8 Å². The second kappa shape index (κ2) is 5.09. The lowest BCUT2D eigenvalue weighted by Gasteiger charge is -2.15. The minimum Gasteiger partial charge on any atom is -0.492 e. The van der Waals surface area contributed by atoms with Gasteiger partial charge in [-0.3, -0.25) is 0 Å². The molecule has 0 bridgehead atoms. The molecule has 1 aromatic carbocycles. The summed E-state index contributed by atoms with van der Waals surface area (Å²) in [5, 5.41) is 8.40. The fraction of sp³-hybridized carbons (Fsp3) is 0.417. The zero-order chi connectivity index (χ0) is 13.1. The Hall–Kier alpha value is -1.70. The van der Waals surface area contributed by atoms with Crippen molar-refractivity contribution in [1.82, 2.24) is 0 Å². The van der Waals surface area contributed by atoms with Gasteiger partial charge in [0.2, 0.25) is 0 Å². The van der Waals surface area contributed by atoms with Crippen LogP contribution in [0.25, 0.3) is 0 Å². The predicted octanol–water partition coefficient (Wildman–Crippen LogP) is 3.38. The van der Waals surface area contributed by atoms with Gasteiger partial charge in [-0.2, -0.15) is 18.4 Å². The molecule has 1 atom stereocenters. The molecule has 0 fully saturated rings. The third kappa shape index (κ3) is 3.66. The van der Waals surface area contributed by atoms with E-state index >= 15 is 0 Å². The number of ether oxygens (including phenoxy) is 1. The third-order valence-corrected chi connectivity index (χ3v) is 2.29. The number of aryl methyl sites for hydroxylation is 2. The Morgan fingerprint density at radius 1 is 1.35 bits per heavy atom. The first-order chi connectivity index (χ1) is 7.84. The van der Waals surface area contributed by atoms with Gasteiger partial charge in [-0.1, -0.05) is 17.7 Å². The van der Waals surface area contributed by atoms with Crippen LogP contribution in [0.3, 0.4) is 0 Å². The van der Waals surface area contributed by atoms with Crippen LogP contribution >= 0.6 is 0 Å². The standard InChI is InChI=1S/C12H12F3NO/c1-8-3-4-11(9(2)5-8)17-7-10(6-16)12(13,14)15/h3-5,10H,7H2,1-2H3. The molecule has 0 aliphatic carbocycles. The van der Waals surface area contributed by atoms with E-state index in [0.717, 1.165) is 11.1 Å². The van der Waals surface area contributed by atoms with Crippen molar-refractivity contribution in [2.45, 2.75) is 20.0 Å². The van der Waals surface area contributed by atoms with Gasteiger partial charge in [0.15, 0.2) is 5.92 Å². The van der Waals surface area contributed by atoms with Crippen LogP contribution in [0.15, 0.2) is 18.2 Å². The Balaban J connectivity index is 2.71. The molecule has 92 valence electrons. The van der Waals surface area contributed by atoms with E-state index < -0.39 is 18.7 Å². The van der Waals surface area contributed by atoms with Crippen molar-refractivity contribution in [2.24, 2.45) is 5.92 Å². The molecule has 2 nitrogen and oxygen atoms in total. The average Bonchev–Trinajstić information content (AvgIpc) is 2.19. The predicted molar refractivity (Wildman–Crippen MR) is 56.6 cm³/mol. The average molecular weight is 243 g/mol. The summed E-state index contributed by atoms with van der Waals surface area (Å²) in [4.78, 5) is 0. The summed E-state index contributed by atoms with van der Waals surface area (Å²) in [5.74, 6) is -1.72. The molecular weight excluding hydrogens is 231 g/mol. The minimum atomic E-state index is -4.55. The molecule has 1 aromatic rings. The molecular formula is C12H12F3NO. The van der Waals surface area contributed by atoms with E-state index in [2.05, 4.69) is 0 Å². The van der Waals surface area contributed by atoms with Crippen LogP contribution in [0.4, 0.5) is 13.2 Å². The fourth-order valence-corrected chi connectivity index (χ4v) is 1.34. The topological polar surface area (TPSA) is 33.0 Å². The van der Waals surface area contributed by atoms with Gasteiger partial charge in [-0.25, -0.2) is 0 Å². The summed E-state index contributed by atoms with van der Waals surface area (Å²) in [7, 11) is 0. The quantitative estimate of drug-likeness (QED) is 0.815. The molecule has 5 heteroatoms. The van der Waals surface area contributed by atoms with E-state index in [0.29, 0.717) is 5.75 Å². The van der Waals surface area contributed by atoms with E-state index in [4.69, 9.17) is 10.00 Å². The van der Waals surface area contributed by atoms with Crippen LogP contribution in [-0.2, 0) is 0 Å². The summed E-state index contributed by atoms with van der Waals surface area (Å²) in [6.07, 6.45) is -4.55. The molecule has 0 aromatic heterocycles. The number of nitriles is 1. The Morgan fingerprint density at radius 3 is 2.47 bits per heavy atom. The Morgan fingerprint density at radius 2 is 2.00 bits per heavy atom. The van der Waals surface area contributed by atoms with E-state index in [-0.39, 0.29) is 0 Å². The first kappa shape index (κ1) is 13.4. The number of hydrogen-bond acceptors (Lipinski definition) is 2. The first-order valence-electron chi connectivity index (χ1n) is 5.01. The van der Waals surface area contributed by atoms with E-state index in [9.17, 15) is 13.2 Å². The molecule has 0 saturated carbocycles. The van der Waals surface area contributed by atoms with Crippen molar-refractivity contribution in [3.63, 3.8) is 0 Å². The molecule has 0 aliphatic heterocycles. The number of alkyl halides is 3. The Labute approximate surface area is 97.6 Å². The summed E-state index contributed by atoms with van der Waals surface area (Å²) in [6, 6.07) is 6.36. The Kier molecular flexibility index (Phi) is 4.00. The molecule has 0 saturated heterocycles. The van der Waals surface area contributed by atoms with E-state index in [1.54, 1.807) is 19.1 Å². The maximum absolute atomic E-state index is 12.3. The third-order valence-electron chi connectivity index (χ3n) is 2.29. The molecule has 1 unspecified atom stereocenters. The smallest absolute Gasteiger partial charge is 0.407 e. The van der Waals surface area contributed by atoms with Gasteiger partial charge in [0.25, 0.3) is 0 Å². The monoisotopic (exact) mass is 243 g/mol. The van der Waals surface area contributed by atoms with E-state index in [1.807, 2.05) is 13.0 Å². The van der Waals surface area contributed by atoms with Gasteiger partial charge in [0.1, 0.15) is 12.4 Å². The van der Waals surface area contributed by atoms with Crippen molar-refractivity contribution in [1.29, 1.82) is 5.26 Å². The highest BCUT2D eigenvalue weighted by Gasteiger charge is 2.40. The summed E-state index contributed by atoms with van der Waals surface area (Å²) < 4.78 is 41.9. The normalized spacial score (nSPS) is 12.9. The highest BCUT2D eigenvalue weighted by Crippen LogP contribution is 2.27. The molecule has 17 heavy (non-hydrogen) atoms. The van der Waals surface area contributed by atoms with Crippen LogP contribution in [0.5, 0.6) is 5.75 Å². The summed E-state index contributed by atoms with van der Waals surface area (Å²) in [6.45, 7) is 2.95. The van der Waals surface area contributed by atoms with Gasteiger partial charge >= 0.3 is 6.18 Å². The maximum atomic E-state index is 12.3. The molecule has 1 rings (SSSR count). The van der Waals surface area contributed by atoms with Crippen LogP contribution < -0.4 is 4.74 Å². The molecule has 0 spiro atoms. The fourth-order valence-electron chi connectivity index (χ4n) is 1.34. The van der Waals surface area contributed by atoms with Gasteiger partial charge in [0.05, 0.1) is 6.07 Å². The lowest BCUT2D eigenvalue weighted by Crippen LogP contribution is -2.27. The largest absolute Gasteiger partial charge is 0.492 e. The van der Waals surface area contributed by atoms with Gasteiger partial charge in [-0.15, -0.1) is 0 Å². The number of nitrogens with zero attached hydrogens (tertiary/aromatic N) is 1. The second-order valence-corrected chi connectivity index (χ2v) is 3.80. The highest BCUT2D eigenvalue weighted by atomic mass is 19.4.